The van der Waals surface area contributed by atoms with E-state index in [1.54, 1.807) is 48.5 Å². The van der Waals surface area contributed by atoms with Gasteiger partial charge in [0.1, 0.15) is 5.75 Å². The van der Waals surface area contributed by atoms with E-state index in [2.05, 4.69) is 22.9 Å². The number of amides is 2. The van der Waals surface area contributed by atoms with E-state index in [4.69, 9.17) is 17.0 Å². The molecule has 2 amide bonds. The van der Waals surface area contributed by atoms with Crippen LogP contribution in [0.2, 0.25) is 0 Å². The summed E-state index contributed by atoms with van der Waals surface area (Å²) in [5.74, 6) is -0.00448. The highest BCUT2D eigenvalue weighted by Crippen LogP contribution is 2.17. The van der Waals surface area contributed by atoms with Gasteiger partial charge in [-0.3, -0.25) is 14.9 Å². The van der Waals surface area contributed by atoms with Crippen LogP contribution in [-0.4, -0.2) is 30.6 Å². The lowest BCUT2D eigenvalue weighted by molar-refractivity contribution is 0.0950. The second-order valence-electron chi connectivity index (χ2n) is 5.80. The average Bonchev–Trinajstić information content (AvgIpc) is 2.68. The molecule has 0 atom stereocenters. The largest absolute Gasteiger partial charge is 0.496 e. The van der Waals surface area contributed by atoms with Gasteiger partial charge >= 0.3 is 0 Å². The molecule has 6 nitrogen and oxygen atoms in total. The van der Waals surface area contributed by atoms with Gasteiger partial charge in [-0.25, -0.2) is 0 Å². The van der Waals surface area contributed by atoms with E-state index in [0.717, 1.165) is 12.8 Å². The first-order valence-corrected chi connectivity index (χ1v) is 9.09. The summed E-state index contributed by atoms with van der Waals surface area (Å²) in [6.07, 6.45) is 1.98. The predicted molar refractivity (Wildman–Crippen MR) is 110 cm³/mol. The van der Waals surface area contributed by atoms with Gasteiger partial charge in [-0.05, 0) is 55.0 Å². The number of rotatable bonds is 7. The van der Waals surface area contributed by atoms with Crippen LogP contribution < -0.4 is 20.7 Å². The second-order valence-corrected chi connectivity index (χ2v) is 6.20. The van der Waals surface area contributed by atoms with E-state index < -0.39 is 0 Å². The third-order valence-corrected chi connectivity index (χ3v) is 4.00. The molecule has 0 spiro atoms. The van der Waals surface area contributed by atoms with Gasteiger partial charge in [0.05, 0.1) is 12.7 Å². The van der Waals surface area contributed by atoms with Crippen molar-refractivity contribution in [1.82, 2.24) is 10.6 Å². The van der Waals surface area contributed by atoms with E-state index in [1.807, 2.05) is 0 Å². The first-order valence-electron chi connectivity index (χ1n) is 8.68. The van der Waals surface area contributed by atoms with Crippen LogP contribution in [0.25, 0.3) is 0 Å². The molecule has 0 bridgehead atoms. The summed E-state index contributed by atoms with van der Waals surface area (Å²) in [5.41, 5.74) is 1.63. The van der Waals surface area contributed by atoms with E-state index in [1.165, 1.54) is 7.11 Å². The molecule has 7 heteroatoms. The van der Waals surface area contributed by atoms with Crippen LogP contribution in [-0.2, 0) is 0 Å². The minimum atomic E-state index is -0.364. The van der Waals surface area contributed by atoms with Crippen LogP contribution in [0.5, 0.6) is 5.75 Å². The molecule has 2 aromatic rings. The Bertz CT molecular complexity index is 806. The van der Waals surface area contributed by atoms with E-state index >= 15 is 0 Å². The van der Waals surface area contributed by atoms with Gasteiger partial charge in [0.15, 0.2) is 5.11 Å². The number of ether oxygens (including phenoxy) is 1. The number of carbonyl (C=O) groups excluding carboxylic acids is 2. The van der Waals surface area contributed by atoms with Gasteiger partial charge in [0.25, 0.3) is 11.8 Å². The third-order valence-electron chi connectivity index (χ3n) is 3.80. The van der Waals surface area contributed by atoms with Crippen LogP contribution in [0, 0.1) is 0 Å². The zero-order chi connectivity index (χ0) is 19.6. The van der Waals surface area contributed by atoms with Crippen molar-refractivity contribution in [3.05, 3.63) is 59.7 Å². The Labute approximate surface area is 164 Å². The lowest BCUT2D eigenvalue weighted by Crippen LogP contribution is -2.34. The molecule has 0 heterocycles. The summed E-state index contributed by atoms with van der Waals surface area (Å²) < 4.78 is 5.17. The Balaban J connectivity index is 1.92. The number of thiocarbonyl (C=S) groups is 1. The highest BCUT2D eigenvalue weighted by molar-refractivity contribution is 7.80. The number of carbonyl (C=O) groups is 2. The molecule has 0 radical (unpaired) electrons. The molecule has 0 aliphatic carbocycles. The van der Waals surface area contributed by atoms with Gasteiger partial charge in [-0.15, -0.1) is 0 Å². The molecule has 142 valence electrons. The first kappa shape index (κ1) is 20.4. The highest BCUT2D eigenvalue weighted by Gasteiger charge is 2.13. The number of unbranched alkanes of at least 4 members (excludes halogenated alkanes) is 1. The summed E-state index contributed by atoms with van der Waals surface area (Å²) in [7, 11) is 1.50. The molecular weight excluding hydrogens is 362 g/mol. The summed E-state index contributed by atoms with van der Waals surface area (Å²) >= 11 is 5.18. The summed E-state index contributed by atoms with van der Waals surface area (Å²) in [6, 6.07) is 13.8. The van der Waals surface area contributed by atoms with Crippen molar-refractivity contribution in [2.45, 2.75) is 19.8 Å². The van der Waals surface area contributed by atoms with Crippen LogP contribution in [0.1, 0.15) is 40.5 Å². The van der Waals surface area contributed by atoms with E-state index in [-0.39, 0.29) is 16.9 Å². The average molecular weight is 385 g/mol. The molecule has 0 fully saturated rings. The van der Waals surface area contributed by atoms with Gasteiger partial charge in [-0.1, -0.05) is 25.5 Å². The van der Waals surface area contributed by atoms with Crippen molar-refractivity contribution in [3.63, 3.8) is 0 Å². The van der Waals surface area contributed by atoms with Crippen LogP contribution in [0.15, 0.2) is 48.5 Å². The van der Waals surface area contributed by atoms with Crippen molar-refractivity contribution < 1.29 is 14.3 Å². The fourth-order valence-electron chi connectivity index (χ4n) is 2.35. The van der Waals surface area contributed by atoms with Crippen LogP contribution in [0.3, 0.4) is 0 Å². The number of hydrogen-bond donors (Lipinski definition) is 3. The Hall–Kier alpha value is -2.93. The lowest BCUT2D eigenvalue weighted by atomic mass is 10.2. The zero-order valence-electron chi connectivity index (χ0n) is 15.4. The quantitative estimate of drug-likeness (QED) is 0.503. The number of nitrogens with one attached hydrogen (secondary N) is 3. The molecule has 27 heavy (non-hydrogen) atoms. The van der Waals surface area contributed by atoms with Crippen molar-refractivity contribution >= 4 is 34.8 Å². The standard InChI is InChI=1S/C20H23N3O3S/c1-3-4-13-21-18(24)14-9-11-15(12-10-14)22-20(27)23-19(25)16-7-5-6-8-17(16)26-2/h5-12H,3-4,13H2,1-2H3,(H,21,24)(H2,22,23,25,27). The zero-order valence-corrected chi connectivity index (χ0v) is 16.2. The van der Waals surface area contributed by atoms with Crippen LogP contribution >= 0.6 is 12.2 Å². The Morgan fingerprint density at radius 1 is 1.04 bits per heavy atom. The molecule has 0 saturated carbocycles. The fourth-order valence-corrected chi connectivity index (χ4v) is 2.56. The fraction of sp³-hybridized carbons (Fsp3) is 0.250. The van der Waals surface area contributed by atoms with Gasteiger partial charge < -0.3 is 15.4 Å². The second kappa shape index (κ2) is 10.3. The summed E-state index contributed by atoms with van der Waals surface area (Å²) in [6.45, 7) is 2.73. The number of benzene rings is 2. The van der Waals surface area contributed by atoms with Gasteiger partial charge in [0, 0.05) is 17.8 Å². The van der Waals surface area contributed by atoms with Gasteiger partial charge in [-0.2, -0.15) is 0 Å². The van der Waals surface area contributed by atoms with Gasteiger partial charge in [0.2, 0.25) is 0 Å². The van der Waals surface area contributed by atoms with Crippen molar-refractivity contribution in [1.29, 1.82) is 0 Å². The number of para-hydroxylation sites is 1. The maximum absolute atomic E-state index is 12.3. The minimum absolute atomic E-state index is 0.109. The molecular formula is C20H23N3O3S. The Morgan fingerprint density at radius 2 is 1.74 bits per heavy atom. The maximum atomic E-state index is 12.3. The highest BCUT2D eigenvalue weighted by atomic mass is 32.1. The first-order chi connectivity index (χ1) is 13.0. The third kappa shape index (κ3) is 6.07. The van der Waals surface area contributed by atoms with Crippen molar-refractivity contribution in [2.75, 3.05) is 19.0 Å². The normalized spacial score (nSPS) is 10.0. The van der Waals surface area contributed by atoms with E-state index in [9.17, 15) is 9.59 Å². The molecule has 0 aliphatic rings. The minimum Gasteiger partial charge on any atom is -0.496 e. The summed E-state index contributed by atoms with van der Waals surface area (Å²) in [5, 5.41) is 8.56. The monoisotopic (exact) mass is 385 g/mol. The summed E-state index contributed by atoms with van der Waals surface area (Å²) in [4.78, 5) is 24.3. The Kier molecular flexibility index (Phi) is 7.76. The van der Waals surface area contributed by atoms with E-state index in [0.29, 0.717) is 29.1 Å². The molecule has 0 aliphatic heterocycles. The van der Waals surface area contributed by atoms with Crippen molar-refractivity contribution in [2.24, 2.45) is 0 Å². The lowest BCUT2D eigenvalue weighted by Gasteiger charge is -2.12. The maximum Gasteiger partial charge on any atom is 0.261 e. The number of methoxy groups -OCH3 is 1. The molecule has 2 rings (SSSR count). The number of hydrogen-bond acceptors (Lipinski definition) is 4. The van der Waals surface area contributed by atoms with Crippen LogP contribution in [0.4, 0.5) is 5.69 Å². The topological polar surface area (TPSA) is 79.5 Å². The Morgan fingerprint density at radius 3 is 2.41 bits per heavy atom. The number of anilines is 1. The smallest absolute Gasteiger partial charge is 0.261 e. The molecule has 0 unspecified atom stereocenters. The molecule has 0 aromatic heterocycles. The SMILES string of the molecule is CCCCNC(=O)c1ccc(NC(=S)NC(=O)c2ccccc2OC)cc1. The predicted octanol–water partition coefficient (Wildman–Crippen LogP) is 3.35. The van der Waals surface area contributed by atoms with Crippen molar-refractivity contribution in [3.8, 4) is 5.75 Å². The molecule has 2 aromatic carbocycles. The molecule has 0 saturated heterocycles. The molecule has 3 N–H and O–H groups in total.